The SMILES string of the molecule is COc1cccc(/C=C(\C#N)C(=O)OCC(=O)Nc2cccc(C(F)(F)F)c2)c1. The van der Waals surface area contributed by atoms with Crippen molar-refractivity contribution in [2.75, 3.05) is 19.0 Å². The van der Waals surface area contributed by atoms with E-state index < -0.39 is 30.2 Å². The van der Waals surface area contributed by atoms with Crippen LogP contribution in [0.1, 0.15) is 11.1 Å². The van der Waals surface area contributed by atoms with Gasteiger partial charge < -0.3 is 14.8 Å². The standard InChI is InChI=1S/C20H15F3N2O4/c1-28-17-7-2-4-13(9-17)8-14(11-24)19(27)29-12-18(26)25-16-6-3-5-15(10-16)20(21,22)23/h2-10H,12H2,1H3,(H,25,26)/b14-8+. The van der Waals surface area contributed by atoms with Crippen molar-refractivity contribution in [2.24, 2.45) is 0 Å². The Morgan fingerprint density at radius 3 is 2.55 bits per heavy atom. The van der Waals surface area contributed by atoms with Crippen LogP contribution in [-0.2, 0) is 20.5 Å². The molecule has 2 aromatic rings. The van der Waals surface area contributed by atoms with Crippen molar-refractivity contribution < 1.29 is 32.2 Å². The molecular formula is C20H15F3N2O4. The highest BCUT2D eigenvalue weighted by molar-refractivity contribution is 6.00. The highest BCUT2D eigenvalue weighted by Crippen LogP contribution is 2.30. The van der Waals surface area contributed by atoms with E-state index in [0.717, 1.165) is 18.2 Å². The highest BCUT2D eigenvalue weighted by Gasteiger charge is 2.30. The second kappa shape index (κ2) is 9.41. The first-order valence-electron chi connectivity index (χ1n) is 8.13. The molecule has 0 atom stereocenters. The third-order valence-electron chi connectivity index (χ3n) is 3.55. The van der Waals surface area contributed by atoms with E-state index in [9.17, 15) is 22.8 Å². The van der Waals surface area contributed by atoms with Crippen molar-refractivity contribution in [2.45, 2.75) is 6.18 Å². The first kappa shape index (κ1) is 21.5. The van der Waals surface area contributed by atoms with E-state index in [1.807, 2.05) is 0 Å². The Kier molecular flexibility index (Phi) is 6.98. The van der Waals surface area contributed by atoms with Crippen molar-refractivity contribution in [1.82, 2.24) is 0 Å². The van der Waals surface area contributed by atoms with E-state index in [4.69, 9.17) is 14.7 Å². The van der Waals surface area contributed by atoms with Crippen LogP contribution in [0.25, 0.3) is 6.08 Å². The second-order valence-corrected chi connectivity index (χ2v) is 5.65. The maximum absolute atomic E-state index is 12.7. The average molecular weight is 404 g/mol. The molecule has 0 aliphatic carbocycles. The molecule has 0 spiro atoms. The van der Waals surface area contributed by atoms with Gasteiger partial charge in [-0.2, -0.15) is 18.4 Å². The quantitative estimate of drug-likeness (QED) is 0.449. The summed E-state index contributed by atoms with van der Waals surface area (Å²) < 4.78 is 47.9. The number of nitriles is 1. The van der Waals surface area contributed by atoms with Gasteiger partial charge in [-0.1, -0.05) is 18.2 Å². The summed E-state index contributed by atoms with van der Waals surface area (Å²) in [6.45, 7) is -0.772. The van der Waals surface area contributed by atoms with Gasteiger partial charge in [0.05, 0.1) is 12.7 Å². The molecular weight excluding hydrogens is 389 g/mol. The molecule has 0 heterocycles. The van der Waals surface area contributed by atoms with Crippen LogP contribution >= 0.6 is 0 Å². The zero-order chi connectivity index (χ0) is 21.4. The maximum atomic E-state index is 12.7. The number of halogens is 3. The van der Waals surface area contributed by atoms with E-state index in [0.29, 0.717) is 11.3 Å². The zero-order valence-corrected chi connectivity index (χ0v) is 15.1. The Morgan fingerprint density at radius 2 is 1.90 bits per heavy atom. The number of amides is 1. The summed E-state index contributed by atoms with van der Waals surface area (Å²) in [7, 11) is 1.46. The third-order valence-corrected chi connectivity index (χ3v) is 3.55. The molecule has 9 heteroatoms. The van der Waals surface area contributed by atoms with E-state index in [1.54, 1.807) is 30.3 Å². The van der Waals surface area contributed by atoms with Crippen LogP contribution in [0.4, 0.5) is 18.9 Å². The fourth-order valence-electron chi connectivity index (χ4n) is 2.21. The summed E-state index contributed by atoms with van der Waals surface area (Å²) in [6, 6.07) is 12.2. The zero-order valence-electron chi connectivity index (χ0n) is 15.1. The number of nitrogens with zero attached hydrogens (tertiary/aromatic N) is 1. The molecule has 2 aromatic carbocycles. The Hall–Kier alpha value is -3.80. The lowest BCUT2D eigenvalue weighted by Crippen LogP contribution is -2.21. The Balaban J connectivity index is 1.99. The molecule has 0 aliphatic rings. The lowest BCUT2D eigenvalue weighted by Gasteiger charge is -2.10. The number of esters is 1. The van der Waals surface area contributed by atoms with Crippen LogP contribution in [0.15, 0.2) is 54.1 Å². The van der Waals surface area contributed by atoms with E-state index in [1.165, 1.54) is 19.3 Å². The van der Waals surface area contributed by atoms with Crippen LogP contribution in [0.5, 0.6) is 5.75 Å². The minimum Gasteiger partial charge on any atom is -0.497 e. The summed E-state index contributed by atoms with van der Waals surface area (Å²) in [4.78, 5) is 23.8. The van der Waals surface area contributed by atoms with Crippen molar-refractivity contribution in [3.05, 3.63) is 65.2 Å². The van der Waals surface area contributed by atoms with Gasteiger partial charge in [-0.15, -0.1) is 0 Å². The molecule has 0 fully saturated rings. The summed E-state index contributed by atoms with van der Waals surface area (Å²) in [5, 5.41) is 11.3. The summed E-state index contributed by atoms with van der Waals surface area (Å²) in [5.74, 6) is -1.38. The average Bonchev–Trinajstić information content (AvgIpc) is 2.70. The third kappa shape index (κ3) is 6.39. The normalized spacial score (nSPS) is 11.3. The number of carbonyl (C=O) groups is 2. The first-order chi connectivity index (χ1) is 13.7. The van der Waals surface area contributed by atoms with Crippen molar-refractivity contribution in [3.63, 3.8) is 0 Å². The van der Waals surface area contributed by atoms with Crippen LogP contribution in [0.3, 0.4) is 0 Å². The molecule has 6 nitrogen and oxygen atoms in total. The maximum Gasteiger partial charge on any atom is 0.416 e. The number of rotatable bonds is 6. The first-order valence-corrected chi connectivity index (χ1v) is 8.13. The van der Waals surface area contributed by atoms with E-state index in [2.05, 4.69) is 5.32 Å². The Bertz CT molecular complexity index is 978. The monoisotopic (exact) mass is 404 g/mol. The van der Waals surface area contributed by atoms with Gasteiger partial charge in [0.2, 0.25) is 0 Å². The van der Waals surface area contributed by atoms with E-state index in [-0.39, 0.29) is 11.3 Å². The van der Waals surface area contributed by atoms with Crippen LogP contribution in [-0.4, -0.2) is 25.6 Å². The van der Waals surface area contributed by atoms with Gasteiger partial charge in [0, 0.05) is 5.69 Å². The molecule has 0 saturated heterocycles. The molecule has 2 rings (SSSR count). The lowest BCUT2D eigenvalue weighted by atomic mass is 10.1. The highest BCUT2D eigenvalue weighted by atomic mass is 19.4. The smallest absolute Gasteiger partial charge is 0.416 e. The van der Waals surface area contributed by atoms with Crippen molar-refractivity contribution >= 4 is 23.6 Å². The number of hydrogen-bond donors (Lipinski definition) is 1. The predicted octanol–water partition coefficient (Wildman–Crippen LogP) is 3.80. The number of hydrogen-bond acceptors (Lipinski definition) is 5. The summed E-state index contributed by atoms with van der Waals surface area (Å²) in [6.07, 6.45) is -3.30. The van der Waals surface area contributed by atoms with E-state index >= 15 is 0 Å². The van der Waals surface area contributed by atoms with Gasteiger partial charge in [-0.05, 0) is 42.0 Å². The fraction of sp³-hybridized carbons (Fsp3) is 0.150. The van der Waals surface area contributed by atoms with Crippen LogP contribution < -0.4 is 10.1 Å². The number of nitrogens with one attached hydrogen (secondary N) is 1. The minimum atomic E-state index is -4.56. The number of anilines is 1. The molecule has 0 unspecified atom stereocenters. The van der Waals surface area contributed by atoms with Gasteiger partial charge in [-0.3, -0.25) is 4.79 Å². The molecule has 0 aliphatic heterocycles. The van der Waals surface area contributed by atoms with Gasteiger partial charge in [0.1, 0.15) is 17.4 Å². The van der Waals surface area contributed by atoms with Gasteiger partial charge in [-0.25, -0.2) is 4.79 Å². The number of methoxy groups -OCH3 is 1. The number of ether oxygens (including phenoxy) is 2. The molecule has 0 saturated carbocycles. The Labute approximate surface area is 164 Å². The van der Waals surface area contributed by atoms with Gasteiger partial charge in [0.15, 0.2) is 6.61 Å². The van der Waals surface area contributed by atoms with Gasteiger partial charge in [0.25, 0.3) is 5.91 Å². The lowest BCUT2D eigenvalue weighted by molar-refractivity contribution is -0.142. The molecule has 150 valence electrons. The molecule has 0 radical (unpaired) electrons. The topological polar surface area (TPSA) is 88.4 Å². The largest absolute Gasteiger partial charge is 0.497 e. The minimum absolute atomic E-state index is 0.103. The van der Waals surface area contributed by atoms with Crippen LogP contribution in [0, 0.1) is 11.3 Å². The molecule has 1 N–H and O–H groups in total. The predicted molar refractivity (Wildman–Crippen MR) is 97.6 cm³/mol. The van der Waals surface area contributed by atoms with Crippen molar-refractivity contribution in [1.29, 1.82) is 5.26 Å². The number of alkyl halides is 3. The molecule has 29 heavy (non-hydrogen) atoms. The summed E-state index contributed by atoms with van der Waals surface area (Å²) >= 11 is 0. The summed E-state index contributed by atoms with van der Waals surface area (Å²) in [5.41, 5.74) is -0.884. The Morgan fingerprint density at radius 1 is 1.17 bits per heavy atom. The molecule has 0 aromatic heterocycles. The molecule has 0 bridgehead atoms. The number of benzene rings is 2. The van der Waals surface area contributed by atoms with Crippen molar-refractivity contribution in [3.8, 4) is 11.8 Å². The van der Waals surface area contributed by atoms with Gasteiger partial charge >= 0.3 is 12.1 Å². The number of carbonyl (C=O) groups excluding carboxylic acids is 2. The van der Waals surface area contributed by atoms with Crippen LogP contribution in [0.2, 0.25) is 0 Å². The fourth-order valence-corrected chi connectivity index (χ4v) is 2.21. The molecule has 1 amide bonds. The second-order valence-electron chi connectivity index (χ2n) is 5.65.